The van der Waals surface area contributed by atoms with Crippen LogP contribution in [0.2, 0.25) is 0 Å². The van der Waals surface area contributed by atoms with E-state index in [4.69, 9.17) is 9.47 Å². The van der Waals surface area contributed by atoms with Gasteiger partial charge in [0.25, 0.3) is 0 Å². The Morgan fingerprint density at radius 1 is 1.06 bits per heavy atom. The zero-order valence-electron chi connectivity index (χ0n) is 19.6. The molecule has 1 fully saturated rings. The molecule has 2 unspecified atom stereocenters. The van der Waals surface area contributed by atoms with Crippen molar-refractivity contribution in [1.82, 2.24) is 4.90 Å². The number of carbonyl (C=O) groups is 1. The summed E-state index contributed by atoms with van der Waals surface area (Å²) >= 11 is 0. The fraction of sp³-hybridized carbons (Fsp3) is 0.267. The van der Waals surface area contributed by atoms with Crippen LogP contribution in [-0.4, -0.2) is 42.9 Å². The van der Waals surface area contributed by atoms with Crippen LogP contribution in [0.4, 0.5) is 4.79 Å². The number of nitriles is 1. The third-order valence-corrected chi connectivity index (χ3v) is 7.46. The van der Waals surface area contributed by atoms with Gasteiger partial charge < -0.3 is 9.47 Å². The van der Waals surface area contributed by atoms with E-state index in [0.717, 1.165) is 11.1 Å². The molecule has 0 aromatic heterocycles. The SMILES string of the molecule is Cc1cc(C2=CC3COCC(C2)N3C(=O)OCC2c3ccccc3-c3ccccc32)ccc1C#N. The number of benzene rings is 3. The van der Waals surface area contributed by atoms with Crippen LogP contribution >= 0.6 is 0 Å². The summed E-state index contributed by atoms with van der Waals surface area (Å²) in [6.45, 7) is 3.22. The predicted molar refractivity (Wildman–Crippen MR) is 134 cm³/mol. The minimum atomic E-state index is -0.281. The van der Waals surface area contributed by atoms with Crippen LogP contribution in [0.5, 0.6) is 0 Å². The lowest BCUT2D eigenvalue weighted by molar-refractivity contribution is -0.0331. The average Bonchev–Trinajstić information content (AvgIpc) is 3.20. The largest absolute Gasteiger partial charge is 0.448 e. The summed E-state index contributed by atoms with van der Waals surface area (Å²) in [4.78, 5) is 15.2. The first-order valence-corrected chi connectivity index (χ1v) is 12.1. The molecule has 2 aliphatic heterocycles. The number of morpholine rings is 1. The second kappa shape index (κ2) is 8.72. The fourth-order valence-corrected chi connectivity index (χ4v) is 5.75. The van der Waals surface area contributed by atoms with Crippen molar-refractivity contribution in [3.05, 3.63) is 101 Å². The summed E-state index contributed by atoms with van der Waals surface area (Å²) in [6.07, 6.45) is 2.54. The Morgan fingerprint density at radius 2 is 1.77 bits per heavy atom. The van der Waals surface area contributed by atoms with Crippen LogP contribution in [0.1, 0.15) is 40.2 Å². The van der Waals surface area contributed by atoms with E-state index in [2.05, 4.69) is 54.6 Å². The highest BCUT2D eigenvalue weighted by Gasteiger charge is 2.40. The van der Waals surface area contributed by atoms with E-state index in [1.54, 1.807) is 0 Å². The summed E-state index contributed by atoms with van der Waals surface area (Å²) in [5, 5.41) is 9.25. The molecule has 1 saturated heterocycles. The van der Waals surface area contributed by atoms with E-state index in [1.807, 2.05) is 36.1 Å². The van der Waals surface area contributed by atoms with E-state index in [0.29, 0.717) is 31.8 Å². The van der Waals surface area contributed by atoms with Crippen LogP contribution in [0.3, 0.4) is 0 Å². The summed E-state index contributed by atoms with van der Waals surface area (Å²) in [5.74, 6) is 0.0416. The zero-order valence-corrected chi connectivity index (χ0v) is 19.6. The molecule has 0 N–H and O–H groups in total. The maximum Gasteiger partial charge on any atom is 0.410 e. The van der Waals surface area contributed by atoms with Crippen molar-refractivity contribution in [2.45, 2.75) is 31.3 Å². The minimum Gasteiger partial charge on any atom is -0.448 e. The Kier molecular flexibility index (Phi) is 5.39. The van der Waals surface area contributed by atoms with Gasteiger partial charge >= 0.3 is 6.09 Å². The molecule has 5 heteroatoms. The van der Waals surface area contributed by atoms with Crippen molar-refractivity contribution >= 4 is 11.7 Å². The number of nitrogens with zero attached hydrogens (tertiary/aromatic N) is 2. The van der Waals surface area contributed by atoms with Crippen LogP contribution in [-0.2, 0) is 9.47 Å². The lowest BCUT2D eigenvalue weighted by Crippen LogP contribution is -2.56. The molecule has 2 bridgehead atoms. The van der Waals surface area contributed by atoms with Gasteiger partial charge in [-0.1, -0.05) is 66.7 Å². The number of fused-ring (bicyclic) bond motifs is 5. The summed E-state index contributed by atoms with van der Waals surface area (Å²) in [5.41, 5.74) is 8.81. The lowest BCUT2D eigenvalue weighted by Gasteiger charge is -2.44. The van der Waals surface area contributed by atoms with E-state index in [9.17, 15) is 10.1 Å². The average molecular weight is 463 g/mol. The third kappa shape index (κ3) is 3.71. The Labute approximate surface area is 205 Å². The summed E-state index contributed by atoms with van der Waals surface area (Å²) in [7, 11) is 0. The van der Waals surface area contributed by atoms with Crippen molar-refractivity contribution in [2.75, 3.05) is 19.8 Å². The molecule has 3 aromatic carbocycles. The molecule has 0 spiro atoms. The van der Waals surface area contributed by atoms with Crippen molar-refractivity contribution < 1.29 is 14.3 Å². The number of amides is 1. The minimum absolute atomic E-state index is 0.0416. The van der Waals surface area contributed by atoms with Crippen molar-refractivity contribution in [1.29, 1.82) is 5.26 Å². The fourth-order valence-electron chi connectivity index (χ4n) is 5.75. The standard InChI is InChI=1S/C30H26N2O3/c1-19-12-20(10-11-21(19)15-31)22-13-23-16-34-17-24(14-22)32(23)30(33)35-18-29-27-8-4-2-6-25(27)26-7-3-5-9-28(26)29/h2-13,23-24,29H,14,16-18H2,1H3. The Morgan fingerprint density at radius 3 is 2.43 bits per heavy atom. The van der Waals surface area contributed by atoms with Crippen molar-refractivity contribution in [3.63, 3.8) is 0 Å². The first-order chi connectivity index (χ1) is 17.1. The molecule has 35 heavy (non-hydrogen) atoms. The van der Waals surface area contributed by atoms with Gasteiger partial charge in [0.15, 0.2) is 0 Å². The topological polar surface area (TPSA) is 62.6 Å². The maximum atomic E-state index is 13.4. The number of carbonyl (C=O) groups excluding carboxylic acids is 1. The van der Waals surface area contributed by atoms with E-state index in [1.165, 1.54) is 27.8 Å². The highest BCUT2D eigenvalue weighted by Crippen LogP contribution is 2.44. The highest BCUT2D eigenvalue weighted by molar-refractivity contribution is 5.79. The van der Waals surface area contributed by atoms with Gasteiger partial charge in [-0.05, 0) is 58.4 Å². The molecule has 6 rings (SSSR count). The third-order valence-electron chi connectivity index (χ3n) is 7.46. The lowest BCUT2D eigenvalue weighted by atomic mass is 9.89. The molecular weight excluding hydrogens is 436 g/mol. The van der Waals surface area contributed by atoms with E-state index >= 15 is 0 Å². The smallest absolute Gasteiger partial charge is 0.410 e. The normalized spacial score (nSPS) is 20.5. The highest BCUT2D eigenvalue weighted by atomic mass is 16.6. The van der Waals surface area contributed by atoms with Gasteiger partial charge in [0, 0.05) is 5.92 Å². The molecule has 3 aliphatic rings. The van der Waals surface area contributed by atoms with Gasteiger partial charge in [0.2, 0.25) is 0 Å². The predicted octanol–water partition coefficient (Wildman–Crippen LogP) is 5.67. The molecule has 0 saturated carbocycles. The summed E-state index contributed by atoms with van der Waals surface area (Å²) in [6, 6.07) is 24.7. The number of aryl methyl sites for hydroxylation is 1. The number of hydrogen-bond acceptors (Lipinski definition) is 4. The molecule has 5 nitrogen and oxygen atoms in total. The van der Waals surface area contributed by atoms with Crippen molar-refractivity contribution in [3.8, 4) is 17.2 Å². The molecule has 2 heterocycles. The second-order valence-corrected chi connectivity index (χ2v) is 9.51. The maximum absolute atomic E-state index is 13.4. The van der Waals surface area contributed by atoms with Crippen LogP contribution in [0, 0.1) is 18.3 Å². The van der Waals surface area contributed by atoms with Gasteiger partial charge in [0.05, 0.1) is 36.9 Å². The molecule has 1 amide bonds. The number of ether oxygens (including phenoxy) is 2. The van der Waals surface area contributed by atoms with Crippen LogP contribution in [0.15, 0.2) is 72.8 Å². The Hall–Kier alpha value is -3.88. The number of rotatable bonds is 3. The number of hydrogen-bond donors (Lipinski definition) is 0. The zero-order chi connectivity index (χ0) is 23.9. The quantitative estimate of drug-likeness (QED) is 0.503. The van der Waals surface area contributed by atoms with Crippen molar-refractivity contribution in [2.24, 2.45) is 0 Å². The molecule has 0 radical (unpaired) electrons. The van der Waals surface area contributed by atoms with Gasteiger partial charge in [-0.2, -0.15) is 5.26 Å². The van der Waals surface area contributed by atoms with Crippen LogP contribution < -0.4 is 0 Å². The Balaban J connectivity index is 1.22. The first-order valence-electron chi connectivity index (χ1n) is 12.1. The molecule has 3 aromatic rings. The summed E-state index contributed by atoms with van der Waals surface area (Å²) < 4.78 is 11.8. The molecule has 174 valence electrons. The first kappa shape index (κ1) is 21.6. The van der Waals surface area contributed by atoms with Gasteiger partial charge in [0.1, 0.15) is 6.61 Å². The van der Waals surface area contributed by atoms with E-state index in [-0.39, 0.29) is 24.1 Å². The molecule has 2 atom stereocenters. The van der Waals surface area contributed by atoms with Gasteiger partial charge in [-0.15, -0.1) is 0 Å². The van der Waals surface area contributed by atoms with Gasteiger partial charge in [-0.3, -0.25) is 4.90 Å². The Bertz CT molecular complexity index is 1340. The monoisotopic (exact) mass is 462 g/mol. The van der Waals surface area contributed by atoms with E-state index < -0.39 is 0 Å². The second-order valence-electron chi connectivity index (χ2n) is 9.51. The molecule has 1 aliphatic carbocycles. The van der Waals surface area contributed by atoms with Crippen LogP contribution in [0.25, 0.3) is 16.7 Å². The molecular formula is C30H26N2O3. The van der Waals surface area contributed by atoms with Gasteiger partial charge in [-0.25, -0.2) is 4.79 Å².